The van der Waals surface area contributed by atoms with Gasteiger partial charge in [0, 0.05) is 12.6 Å². The molecule has 1 aromatic rings. The van der Waals surface area contributed by atoms with Crippen LogP contribution in [0, 0.1) is 5.92 Å². The van der Waals surface area contributed by atoms with Crippen LogP contribution in [0.15, 0.2) is 30.3 Å². The second kappa shape index (κ2) is 6.71. The van der Waals surface area contributed by atoms with Crippen LogP contribution in [0.1, 0.15) is 44.1 Å². The van der Waals surface area contributed by atoms with E-state index in [4.69, 9.17) is 0 Å². The molecule has 0 aromatic heterocycles. The first-order chi connectivity index (χ1) is 9.18. The summed E-state index contributed by atoms with van der Waals surface area (Å²) in [6.07, 6.45) is 5.18. The van der Waals surface area contributed by atoms with Crippen molar-refractivity contribution in [3.63, 3.8) is 0 Å². The van der Waals surface area contributed by atoms with Crippen molar-refractivity contribution in [1.82, 2.24) is 5.32 Å². The first-order valence-electron chi connectivity index (χ1n) is 7.19. The molecule has 19 heavy (non-hydrogen) atoms. The van der Waals surface area contributed by atoms with Crippen LogP contribution >= 0.6 is 0 Å². The molecule has 1 fully saturated rings. The molecule has 0 radical (unpaired) electrons. The van der Waals surface area contributed by atoms with Crippen LogP contribution in [-0.4, -0.2) is 23.7 Å². The number of rotatable bonds is 6. The Morgan fingerprint density at radius 2 is 1.95 bits per heavy atom. The van der Waals surface area contributed by atoms with Crippen molar-refractivity contribution in [2.24, 2.45) is 5.92 Å². The van der Waals surface area contributed by atoms with Gasteiger partial charge in [-0.3, -0.25) is 4.79 Å². The van der Waals surface area contributed by atoms with Crippen molar-refractivity contribution in [3.05, 3.63) is 35.9 Å². The molecule has 1 saturated carbocycles. The molecule has 0 heterocycles. The average molecular weight is 261 g/mol. The third kappa shape index (κ3) is 3.80. The fraction of sp³-hybridized carbons (Fsp3) is 0.562. The van der Waals surface area contributed by atoms with Gasteiger partial charge in [-0.15, -0.1) is 0 Å². The number of nitrogens with one attached hydrogen (secondary N) is 1. The molecule has 3 heteroatoms. The smallest absolute Gasteiger partial charge is 0.312 e. The molecular formula is C16H23NO2. The van der Waals surface area contributed by atoms with E-state index in [1.54, 1.807) is 0 Å². The number of carbonyl (C=O) groups is 1. The van der Waals surface area contributed by atoms with Gasteiger partial charge in [-0.2, -0.15) is 0 Å². The van der Waals surface area contributed by atoms with Gasteiger partial charge >= 0.3 is 5.97 Å². The summed E-state index contributed by atoms with van der Waals surface area (Å²) >= 11 is 0. The van der Waals surface area contributed by atoms with E-state index in [1.807, 2.05) is 30.3 Å². The second-order valence-corrected chi connectivity index (χ2v) is 5.54. The summed E-state index contributed by atoms with van der Waals surface area (Å²) in [5, 5.41) is 12.8. The average Bonchev–Trinajstić information content (AvgIpc) is 2.93. The van der Waals surface area contributed by atoms with Crippen LogP contribution in [0.3, 0.4) is 0 Å². The lowest BCUT2D eigenvalue weighted by Gasteiger charge is -2.23. The topological polar surface area (TPSA) is 49.3 Å². The zero-order valence-electron chi connectivity index (χ0n) is 11.5. The minimum atomic E-state index is -0.752. The molecular weight excluding hydrogens is 238 g/mol. The van der Waals surface area contributed by atoms with Crippen molar-refractivity contribution in [3.8, 4) is 0 Å². The molecule has 0 aliphatic heterocycles. The van der Waals surface area contributed by atoms with Crippen molar-refractivity contribution >= 4 is 5.97 Å². The molecule has 1 aliphatic carbocycles. The number of hydrogen-bond donors (Lipinski definition) is 2. The molecule has 1 unspecified atom stereocenters. The lowest BCUT2D eigenvalue weighted by molar-refractivity contribution is -0.138. The summed E-state index contributed by atoms with van der Waals surface area (Å²) in [7, 11) is 0. The highest BCUT2D eigenvalue weighted by atomic mass is 16.4. The van der Waals surface area contributed by atoms with Gasteiger partial charge in [0.05, 0.1) is 5.92 Å². The monoisotopic (exact) mass is 261 g/mol. The summed E-state index contributed by atoms with van der Waals surface area (Å²) < 4.78 is 0. The minimum Gasteiger partial charge on any atom is -0.481 e. The summed E-state index contributed by atoms with van der Waals surface area (Å²) in [5.41, 5.74) is 0.876. The molecule has 1 aliphatic rings. The van der Waals surface area contributed by atoms with Gasteiger partial charge in [0.2, 0.25) is 0 Å². The SMILES string of the molecule is C[C@@H](NCC(C(=O)O)c1ccccc1)C1CCCC1. The number of carboxylic acids is 1. The van der Waals surface area contributed by atoms with Crippen LogP contribution in [0.25, 0.3) is 0 Å². The molecule has 0 amide bonds. The first-order valence-corrected chi connectivity index (χ1v) is 7.19. The van der Waals surface area contributed by atoms with E-state index in [-0.39, 0.29) is 0 Å². The fourth-order valence-electron chi connectivity index (χ4n) is 2.96. The fourth-order valence-corrected chi connectivity index (χ4v) is 2.96. The first kappa shape index (κ1) is 14.1. The van der Waals surface area contributed by atoms with Crippen molar-refractivity contribution < 1.29 is 9.90 Å². The van der Waals surface area contributed by atoms with Crippen molar-refractivity contribution in [2.75, 3.05) is 6.54 Å². The minimum absolute atomic E-state index is 0.410. The molecule has 2 rings (SSSR count). The van der Waals surface area contributed by atoms with E-state index >= 15 is 0 Å². The third-order valence-electron chi connectivity index (χ3n) is 4.25. The molecule has 0 bridgehead atoms. The summed E-state index contributed by atoms with van der Waals surface area (Å²) in [6.45, 7) is 2.69. The molecule has 3 nitrogen and oxygen atoms in total. The molecule has 0 saturated heterocycles. The van der Waals surface area contributed by atoms with Gasteiger partial charge in [0.1, 0.15) is 0 Å². The second-order valence-electron chi connectivity index (χ2n) is 5.54. The lowest BCUT2D eigenvalue weighted by atomic mass is 9.96. The molecule has 0 spiro atoms. The Balaban J connectivity index is 1.92. The largest absolute Gasteiger partial charge is 0.481 e. The van der Waals surface area contributed by atoms with E-state index in [2.05, 4.69) is 12.2 Å². The highest BCUT2D eigenvalue weighted by molar-refractivity contribution is 5.76. The third-order valence-corrected chi connectivity index (χ3v) is 4.25. The molecule has 1 aromatic carbocycles. The van der Waals surface area contributed by atoms with E-state index in [0.717, 1.165) is 5.56 Å². The molecule has 104 valence electrons. The maximum absolute atomic E-state index is 11.4. The van der Waals surface area contributed by atoms with Crippen LogP contribution in [0.4, 0.5) is 0 Å². The van der Waals surface area contributed by atoms with E-state index in [0.29, 0.717) is 18.5 Å². The van der Waals surface area contributed by atoms with Gasteiger partial charge in [-0.25, -0.2) is 0 Å². The zero-order chi connectivity index (χ0) is 13.7. The summed E-state index contributed by atoms with van der Waals surface area (Å²) in [5.74, 6) is -0.493. The number of benzene rings is 1. The number of hydrogen-bond acceptors (Lipinski definition) is 2. The quantitative estimate of drug-likeness (QED) is 0.827. The Morgan fingerprint density at radius 3 is 2.53 bits per heavy atom. The van der Waals surface area contributed by atoms with Crippen LogP contribution in [0.2, 0.25) is 0 Å². The predicted molar refractivity (Wildman–Crippen MR) is 76.2 cm³/mol. The Kier molecular flexibility index (Phi) is 4.97. The number of aliphatic carboxylic acids is 1. The van der Waals surface area contributed by atoms with Crippen molar-refractivity contribution in [1.29, 1.82) is 0 Å². The summed E-state index contributed by atoms with van der Waals surface area (Å²) in [4.78, 5) is 11.4. The van der Waals surface area contributed by atoms with Crippen LogP contribution < -0.4 is 5.32 Å². The highest BCUT2D eigenvalue weighted by Crippen LogP contribution is 2.27. The maximum Gasteiger partial charge on any atom is 0.312 e. The Labute approximate surface area is 115 Å². The normalized spacial score (nSPS) is 19.2. The van der Waals surface area contributed by atoms with E-state index < -0.39 is 11.9 Å². The van der Waals surface area contributed by atoms with Crippen LogP contribution in [-0.2, 0) is 4.79 Å². The summed E-state index contributed by atoms with van der Waals surface area (Å²) in [6, 6.07) is 9.89. The van der Waals surface area contributed by atoms with Gasteiger partial charge in [-0.1, -0.05) is 43.2 Å². The number of carboxylic acid groups (broad SMARTS) is 1. The van der Waals surface area contributed by atoms with Gasteiger partial charge in [-0.05, 0) is 31.2 Å². The molecule has 2 N–H and O–H groups in total. The Bertz CT molecular complexity index is 398. The van der Waals surface area contributed by atoms with Gasteiger partial charge in [0.15, 0.2) is 0 Å². The van der Waals surface area contributed by atoms with E-state index in [9.17, 15) is 9.90 Å². The van der Waals surface area contributed by atoms with Gasteiger partial charge in [0.25, 0.3) is 0 Å². The van der Waals surface area contributed by atoms with Crippen LogP contribution in [0.5, 0.6) is 0 Å². The van der Waals surface area contributed by atoms with Crippen molar-refractivity contribution in [2.45, 2.75) is 44.6 Å². The van der Waals surface area contributed by atoms with Gasteiger partial charge < -0.3 is 10.4 Å². The highest BCUT2D eigenvalue weighted by Gasteiger charge is 2.24. The lowest BCUT2D eigenvalue weighted by Crippen LogP contribution is -2.37. The standard InChI is InChI=1S/C16H23NO2/c1-12(13-7-5-6-8-13)17-11-15(16(18)19)14-9-3-2-4-10-14/h2-4,9-10,12-13,15,17H,5-8,11H2,1H3,(H,18,19)/t12-,15?/m1/s1. The van der Waals surface area contributed by atoms with E-state index in [1.165, 1.54) is 25.7 Å². The predicted octanol–water partition coefficient (Wildman–Crippen LogP) is 3.02. The Morgan fingerprint density at radius 1 is 1.32 bits per heavy atom. The zero-order valence-corrected chi connectivity index (χ0v) is 11.5. The molecule has 2 atom stereocenters. The Hall–Kier alpha value is -1.35. The maximum atomic E-state index is 11.4.